The van der Waals surface area contributed by atoms with Crippen molar-refractivity contribution in [1.29, 1.82) is 0 Å². The number of aromatic nitrogens is 2. The lowest BCUT2D eigenvalue weighted by molar-refractivity contribution is -0.122. The van der Waals surface area contributed by atoms with Crippen LogP contribution >= 0.6 is 0 Å². The number of nitrogen functional groups attached to an aromatic ring is 1. The van der Waals surface area contributed by atoms with Crippen molar-refractivity contribution < 1.29 is 9.59 Å². The average Bonchev–Trinajstić information content (AvgIpc) is 2.75. The molecule has 2 heterocycles. The number of aromatic amines is 1. The van der Waals surface area contributed by atoms with Crippen LogP contribution in [0, 0.1) is 0 Å². The molecular formula is C12H19N5O2. The number of piperidine rings is 1. The van der Waals surface area contributed by atoms with Gasteiger partial charge in [0, 0.05) is 19.0 Å². The number of nitrogens with one attached hydrogen (secondary N) is 3. The molecule has 0 radical (unpaired) electrons. The van der Waals surface area contributed by atoms with Gasteiger partial charge in [0.25, 0.3) is 5.91 Å². The van der Waals surface area contributed by atoms with E-state index >= 15 is 0 Å². The van der Waals surface area contributed by atoms with Crippen molar-refractivity contribution in [3.05, 3.63) is 11.4 Å². The van der Waals surface area contributed by atoms with E-state index in [9.17, 15) is 9.59 Å². The van der Waals surface area contributed by atoms with Gasteiger partial charge in [-0.3, -0.25) is 14.7 Å². The first-order valence-electron chi connectivity index (χ1n) is 6.52. The maximum absolute atomic E-state index is 12.0. The van der Waals surface area contributed by atoms with Gasteiger partial charge in [-0.05, 0) is 12.8 Å². The highest BCUT2D eigenvalue weighted by molar-refractivity contribution is 5.97. The van der Waals surface area contributed by atoms with Crippen LogP contribution in [-0.4, -0.2) is 34.6 Å². The standard InChI is InChI=1S/C12H19N5O2/c1-2-3-8-10(13)11(17-16-8)12(19)15-7-4-5-9(18)14-6-7/h7H,2-6,13H2,1H3,(H,14,18)(H,15,19)(H,16,17). The number of anilines is 1. The molecule has 0 aromatic carbocycles. The van der Waals surface area contributed by atoms with Crippen molar-refractivity contribution in [3.63, 3.8) is 0 Å². The zero-order valence-corrected chi connectivity index (χ0v) is 11.0. The zero-order chi connectivity index (χ0) is 13.8. The van der Waals surface area contributed by atoms with Gasteiger partial charge in [-0.2, -0.15) is 5.10 Å². The Morgan fingerprint density at radius 1 is 1.58 bits per heavy atom. The van der Waals surface area contributed by atoms with E-state index in [2.05, 4.69) is 20.8 Å². The van der Waals surface area contributed by atoms with Gasteiger partial charge >= 0.3 is 0 Å². The Morgan fingerprint density at radius 3 is 3.00 bits per heavy atom. The quantitative estimate of drug-likeness (QED) is 0.611. The molecule has 1 aliphatic rings. The number of carbonyl (C=O) groups is 2. The minimum absolute atomic E-state index is 0.0232. The summed E-state index contributed by atoms with van der Waals surface area (Å²) in [4.78, 5) is 23.1. The Bertz CT molecular complexity index is 472. The number of hydrogen-bond donors (Lipinski definition) is 4. The molecule has 1 aliphatic heterocycles. The summed E-state index contributed by atoms with van der Waals surface area (Å²) in [5.74, 6) is -0.271. The van der Waals surface area contributed by atoms with Gasteiger partial charge in [0.1, 0.15) is 0 Å². The predicted molar refractivity (Wildman–Crippen MR) is 70.5 cm³/mol. The number of rotatable bonds is 4. The molecular weight excluding hydrogens is 246 g/mol. The monoisotopic (exact) mass is 265 g/mol. The third kappa shape index (κ3) is 3.04. The summed E-state index contributed by atoms with van der Waals surface area (Å²) < 4.78 is 0. The third-order valence-electron chi connectivity index (χ3n) is 3.20. The van der Waals surface area contributed by atoms with E-state index in [4.69, 9.17) is 5.73 Å². The zero-order valence-electron chi connectivity index (χ0n) is 11.0. The van der Waals surface area contributed by atoms with Crippen LogP contribution < -0.4 is 16.4 Å². The Balaban J connectivity index is 1.98. The molecule has 0 saturated carbocycles. The van der Waals surface area contributed by atoms with Crippen molar-refractivity contribution in [2.45, 2.75) is 38.6 Å². The lowest BCUT2D eigenvalue weighted by Crippen LogP contribution is -2.47. The van der Waals surface area contributed by atoms with E-state index in [1.807, 2.05) is 6.92 Å². The molecule has 19 heavy (non-hydrogen) atoms. The molecule has 104 valence electrons. The van der Waals surface area contributed by atoms with E-state index in [1.165, 1.54) is 0 Å². The van der Waals surface area contributed by atoms with Crippen LogP contribution in [0.5, 0.6) is 0 Å². The Labute approximate surface area is 111 Å². The second kappa shape index (κ2) is 5.73. The number of aryl methyl sites for hydroxylation is 1. The first-order chi connectivity index (χ1) is 9.11. The van der Waals surface area contributed by atoms with E-state index in [1.54, 1.807) is 0 Å². The maximum Gasteiger partial charge on any atom is 0.274 e. The van der Waals surface area contributed by atoms with Gasteiger partial charge in [0.2, 0.25) is 5.91 Å². The summed E-state index contributed by atoms with van der Waals surface area (Å²) in [5.41, 5.74) is 7.34. The second-order valence-corrected chi connectivity index (χ2v) is 4.73. The van der Waals surface area contributed by atoms with Crippen LogP contribution in [0.1, 0.15) is 42.4 Å². The number of carbonyl (C=O) groups excluding carboxylic acids is 2. The van der Waals surface area contributed by atoms with Gasteiger partial charge < -0.3 is 16.4 Å². The molecule has 5 N–H and O–H groups in total. The summed E-state index contributed by atoms with van der Waals surface area (Å²) in [5, 5.41) is 12.3. The van der Waals surface area contributed by atoms with Crippen LogP contribution in [0.25, 0.3) is 0 Å². The fourth-order valence-electron chi connectivity index (χ4n) is 2.11. The van der Waals surface area contributed by atoms with Gasteiger partial charge in [0.05, 0.1) is 11.4 Å². The average molecular weight is 265 g/mol. The molecule has 1 unspecified atom stereocenters. The van der Waals surface area contributed by atoms with Crippen molar-refractivity contribution in [1.82, 2.24) is 20.8 Å². The van der Waals surface area contributed by atoms with Crippen LogP contribution in [0.2, 0.25) is 0 Å². The molecule has 1 aromatic rings. The molecule has 1 atom stereocenters. The van der Waals surface area contributed by atoms with E-state index in [0.29, 0.717) is 25.1 Å². The van der Waals surface area contributed by atoms with Crippen molar-refractivity contribution in [2.75, 3.05) is 12.3 Å². The summed E-state index contributed by atoms with van der Waals surface area (Å²) in [6.07, 6.45) is 2.78. The highest BCUT2D eigenvalue weighted by Crippen LogP contribution is 2.16. The number of H-pyrrole nitrogens is 1. The van der Waals surface area contributed by atoms with Crippen LogP contribution in [0.3, 0.4) is 0 Å². The largest absolute Gasteiger partial charge is 0.395 e. The highest BCUT2D eigenvalue weighted by Gasteiger charge is 2.23. The highest BCUT2D eigenvalue weighted by atomic mass is 16.2. The lowest BCUT2D eigenvalue weighted by atomic mass is 10.1. The summed E-state index contributed by atoms with van der Waals surface area (Å²) >= 11 is 0. The number of nitrogens with zero attached hydrogens (tertiary/aromatic N) is 1. The molecule has 0 bridgehead atoms. The number of hydrogen-bond acceptors (Lipinski definition) is 4. The summed E-state index contributed by atoms with van der Waals surface area (Å²) in [7, 11) is 0. The minimum atomic E-state index is -0.294. The number of amides is 2. The molecule has 2 rings (SSSR count). The fourth-order valence-corrected chi connectivity index (χ4v) is 2.11. The van der Waals surface area contributed by atoms with Gasteiger partial charge in [-0.15, -0.1) is 0 Å². The Morgan fingerprint density at radius 2 is 2.37 bits per heavy atom. The van der Waals surface area contributed by atoms with Crippen LogP contribution in [0.15, 0.2) is 0 Å². The first kappa shape index (κ1) is 13.4. The topological polar surface area (TPSA) is 113 Å². The molecule has 0 spiro atoms. The molecule has 7 nitrogen and oxygen atoms in total. The fraction of sp³-hybridized carbons (Fsp3) is 0.583. The van der Waals surface area contributed by atoms with E-state index in [0.717, 1.165) is 18.5 Å². The lowest BCUT2D eigenvalue weighted by Gasteiger charge is -2.23. The first-order valence-corrected chi connectivity index (χ1v) is 6.52. The van der Waals surface area contributed by atoms with Crippen molar-refractivity contribution in [2.24, 2.45) is 0 Å². The smallest absolute Gasteiger partial charge is 0.274 e. The molecule has 1 aromatic heterocycles. The van der Waals surface area contributed by atoms with Crippen molar-refractivity contribution in [3.8, 4) is 0 Å². The van der Waals surface area contributed by atoms with Crippen molar-refractivity contribution >= 4 is 17.5 Å². The molecule has 1 fully saturated rings. The Kier molecular flexibility index (Phi) is 4.03. The molecule has 2 amide bonds. The molecule has 7 heteroatoms. The normalized spacial score (nSPS) is 19.0. The van der Waals surface area contributed by atoms with Crippen LogP contribution in [0.4, 0.5) is 5.69 Å². The molecule has 0 aliphatic carbocycles. The SMILES string of the molecule is CCCc1[nH]nc(C(=O)NC2CCC(=O)NC2)c1N. The predicted octanol–water partition coefficient (Wildman–Crippen LogP) is -0.0472. The summed E-state index contributed by atoms with van der Waals surface area (Å²) in [6, 6.07) is -0.0593. The van der Waals surface area contributed by atoms with Gasteiger partial charge in [-0.1, -0.05) is 13.3 Å². The Hall–Kier alpha value is -2.05. The van der Waals surface area contributed by atoms with Gasteiger partial charge in [-0.25, -0.2) is 0 Å². The van der Waals surface area contributed by atoms with Gasteiger partial charge in [0.15, 0.2) is 5.69 Å². The van der Waals surface area contributed by atoms with Crippen LogP contribution in [-0.2, 0) is 11.2 Å². The minimum Gasteiger partial charge on any atom is -0.395 e. The third-order valence-corrected chi connectivity index (χ3v) is 3.20. The molecule has 1 saturated heterocycles. The maximum atomic E-state index is 12.0. The second-order valence-electron chi connectivity index (χ2n) is 4.73. The summed E-state index contributed by atoms with van der Waals surface area (Å²) in [6.45, 7) is 2.49. The number of nitrogens with two attached hydrogens (primary N) is 1. The van der Waals surface area contributed by atoms with E-state index in [-0.39, 0.29) is 23.6 Å². The van der Waals surface area contributed by atoms with E-state index < -0.39 is 0 Å².